The van der Waals surface area contributed by atoms with Gasteiger partial charge in [0.15, 0.2) is 5.96 Å². The maximum Gasteiger partial charge on any atom is 0.191 e. The molecule has 3 aromatic rings. The number of halogens is 1. The van der Waals surface area contributed by atoms with E-state index < -0.39 is 0 Å². The summed E-state index contributed by atoms with van der Waals surface area (Å²) in [5.41, 5.74) is 2.17. The Kier molecular flexibility index (Phi) is 8.20. The average molecular weight is 465 g/mol. The van der Waals surface area contributed by atoms with E-state index in [0.717, 1.165) is 42.5 Å². The Balaban J connectivity index is 0.00000243. The van der Waals surface area contributed by atoms with Crippen molar-refractivity contribution in [3.63, 3.8) is 0 Å². The molecule has 1 aromatic carbocycles. The number of aliphatic imine (C=N–C) groups is 1. The van der Waals surface area contributed by atoms with Crippen LogP contribution in [0.15, 0.2) is 70.5 Å². The van der Waals surface area contributed by atoms with Crippen molar-refractivity contribution in [3.8, 4) is 5.69 Å². The Hall–Kier alpha value is -2.29. The molecule has 2 heterocycles. The van der Waals surface area contributed by atoms with Crippen LogP contribution in [0.1, 0.15) is 18.2 Å². The fourth-order valence-electron chi connectivity index (χ4n) is 2.49. The van der Waals surface area contributed by atoms with Crippen LogP contribution in [0.3, 0.4) is 0 Å². The molecule has 0 unspecified atom stereocenters. The molecule has 0 saturated carbocycles. The van der Waals surface area contributed by atoms with Crippen molar-refractivity contribution in [2.45, 2.75) is 19.9 Å². The summed E-state index contributed by atoms with van der Waals surface area (Å²) in [5, 5.41) is 10.9. The minimum Gasteiger partial charge on any atom is -0.469 e. The van der Waals surface area contributed by atoms with E-state index in [4.69, 9.17) is 4.42 Å². The van der Waals surface area contributed by atoms with Crippen molar-refractivity contribution >= 4 is 29.9 Å². The second kappa shape index (κ2) is 10.6. The number of aromatic nitrogens is 2. The van der Waals surface area contributed by atoms with Crippen LogP contribution >= 0.6 is 24.0 Å². The Morgan fingerprint density at radius 2 is 2.12 bits per heavy atom. The average Bonchev–Trinajstić information content (AvgIpc) is 3.34. The lowest BCUT2D eigenvalue weighted by molar-refractivity contribution is 0.507. The van der Waals surface area contributed by atoms with Crippen molar-refractivity contribution in [1.82, 2.24) is 20.4 Å². The Morgan fingerprint density at radius 3 is 2.85 bits per heavy atom. The van der Waals surface area contributed by atoms with Crippen molar-refractivity contribution in [3.05, 3.63) is 72.4 Å². The van der Waals surface area contributed by atoms with Crippen molar-refractivity contribution in [2.75, 3.05) is 13.1 Å². The molecule has 0 atom stereocenters. The highest BCUT2D eigenvalue weighted by Gasteiger charge is 2.01. The van der Waals surface area contributed by atoms with Gasteiger partial charge in [-0.15, -0.1) is 24.0 Å². The number of nitrogens with zero attached hydrogens (tertiary/aromatic N) is 3. The molecule has 0 saturated heterocycles. The lowest BCUT2D eigenvalue weighted by atomic mass is 10.2. The van der Waals surface area contributed by atoms with Crippen LogP contribution in [-0.4, -0.2) is 28.8 Å². The number of hydrogen-bond donors (Lipinski definition) is 2. The number of benzene rings is 1. The molecule has 0 bridgehead atoms. The van der Waals surface area contributed by atoms with Gasteiger partial charge < -0.3 is 15.1 Å². The quantitative estimate of drug-likeness (QED) is 0.319. The molecule has 26 heavy (non-hydrogen) atoms. The Bertz CT molecular complexity index is 784. The maximum atomic E-state index is 5.34. The molecule has 0 aliphatic rings. The van der Waals surface area contributed by atoms with E-state index >= 15 is 0 Å². The van der Waals surface area contributed by atoms with Crippen LogP contribution in [-0.2, 0) is 13.0 Å². The molecule has 3 rings (SSSR count). The first-order valence-electron chi connectivity index (χ1n) is 8.48. The van der Waals surface area contributed by atoms with Gasteiger partial charge in [-0.05, 0) is 42.8 Å². The Labute approximate surface area is 170 Å². The standard InChI is InChI=1S/C19H23N5O.HI/c1-2-20-19(21-11-9-18-8-4-13-25-18)22-15-16-6-3-7-17(14-16)24-12-5-10-23-24;/h3-8,10,12-14H,2,9,11,15H2,1H3,(H2,20,21,22);1H. The topological polar surface area (TPSA) is 67.4 Å². The van der Waals surface area contributed by atoms with E-state index in [1.165, 1.54) is 0 Å². The van der Waals surface area contributed by atoms with Crippen LogP contribution < -0.4 is 10.6 Å². The zero-order valence-electron chi connectivity index (χ0n) is 14.8. The first kappa shape index (κ1) is 20.0. The highest BCUT2D eigenvalue weighted by molar-refractivity contribution is 14.0. The largest absolute Gasteiger partial charge is 0.469 e. The molecule has 2 N–H and O–H groups in total. The minimum atomic E-state index is 0. The van der Waals surface area contributed by atoms with Gasteiger partial charge in [0.25, 0.3) is 0 Å². The molecule has 7 heteroatoms. The van der Waals surface area contributed by atoms with Gasteiger partial charge in [-0.1, -0.05) is 12.1 Å². The van der Waals surface area contributed by atoms with Crippen LogP contribution in [0.2, 0.25) is 0 Å². The van der Waals surface area contributed by atoms with Crippen LogP contribution in [0.4, 0.5) is 0 Å². The number of nitrogens with one attached hydrogen (secondary N) is 2. The van der Waals surface area contributed by atoms with E-state index in [9.17, 15) is 0 Å². The predicted octanol–water partition coefficient (Wildman–Crippen LogP) is 3.38. The first-order chi connectivity index (χ1) is 12.3. The molecular formula is C19H24IN5O. The summed E-state index contributed by atoms with van der Waals surface area (Å²) in [6.45, 7) is 4.25. The van der Waals surface area contributed by atoms with Gasteiger partial charge in [0, 0.05) is 31.9 Å². The summed E-state index contributed by atoms with van der Waals surface area (Å²) >= 11 is 0. The molecule has 2 aromatic heterocycles. The normalized spacial score (nSPS) is 11.0. The van der Waals surface area contributed by atoms with Gasteiger partial charge >= 0.3 is 0 Å². The van der Waals surface area contributed by atoms with Gasteiger partial charge in [0.1, 0.15) is 5.76 Å². The molecule has 0 fully saturated rings. The van der Waals surface area contributed by atoms with Crippen LogP contribution in [0, 0.1) is 0 Å². The zero-order valence-corrected chi connectivity index (χ0v) is 17.1. The molecular weight excluding hydrogens is 441 g/mol. The monoisotopic (exact) mass is 465 g/mol. The fourth-order valence-corrected chi connectivity index (χ4v) is 2.49. The lowest BCUT2D eigenvalue weighted by Gasteiger charge is -2.11. The minimum absolute atomic E-state index is 0. The third kappa shape index (κ3) is 5.91. The molecule has 0 amide bonds. The van der Waals surface area contributed by atoms with Gasteiger partial charge in [-0.25, -0.2) is 9.67 Å². The number of furan rings is 1. The fraction of sp³-hybridized carbons (Fsp3) is 0.263. The van der Waals surface area contributed by atoms with E-state index in [2.05, 4.69) is 39.8 Å². The SMILES string of the molecule is CCNC(=NCc1cccc(-n2cccn2)c1)NCCc1ccco1.I. The van der Waals surface area contributed by atoms with Gasteiger partial charge in [-0.3, -0.25) is 0 Å². The molecule has 0 aliphatic carbocycles. The molecule has 0 spiro atoms. The van der Waals surface area contributed by atoms with E-state index in [0.29, 0.717) is 6.54 Å². The lowest BCUT2D eigenvalue weighted by Crippen LogP contribution is -2.38. The molecule has 138 valence electrons. The van der Waals surface area contributed by atoms with E-state index in [-0.39, 0.29) is 24.0 Å². The highest BCUT2D eigenvalue weighted by atomic mass is 127. The second-order valence-corrected chi connectivity index (χ2v) is 5.57. The van der Waals surface area contributed by atoms with Crippen LogP contribution in [0.25, 0.3) is 5.69 Å². The third-order valence-corrected chi connectivity index (χ3v) is 3.69. The summed E-state index contributed by atoms with van der Waals surface area (Å²) in [7, 11) is 0. The molecule has 6 nitrogen and oxygen atoms in total. The highest BCUT2D eigenvalue weighted by Crippen LogP contribution is 2.10. The summed E-state index contributed by atoms with van der Waals surface area (Å²) in [4.78, 5) is 4.66. The Morgan fingerprint density at radius 1 is 1.19 bits per heavy atom. The summed E-state index contributed by atoms with van der Waals surface area (Å²) < 4.78 is 7.19. The summed E-state index contributed by atoms with van der Waals surface area (Å²) in [5.74, 6) is 1.77. The summed E-state index contributed by atoms with van der Waals surface area (Å²) in [6, 6.07) is 14.0. The van der Waals surface area contributed by atoms with E-state index in [1.54, 1.807) is 12.5 Å². The first-order valence-corrected chi connectivity index (χ1v) is 8.48. The zero-order chi connectivity index (χ0) is 17.3. The summed E-state index contributed by atoms with van der Waals surface area (Å²) in [6.07, 6.45) is 6.23. The number of hydrogen-bond acceptors (Lipinski definition) is 3. The van der Waals surface area contributed by atoms with Crippen LogP contribution in [0.5, 0.6) is 0 Å². The van der Waals surface area contributed by atoms with Crippen molar-refractivity contribution in [1.29, 1.82) is 0 Å². The van der Waals surface area contributed by atoms with E-state index in [1.807, 2.05) is 41.2 Å². The van der Waals surface area contributed by atoms with Crippen molar-refractivity contribution < 1.29 is 4.42 Å². The predicted molar refractivity (Wildman–Crippen MR) is 114 cm³/mol. The molecule has 0 radical (unpaired) electrons. The smallest absolute Gasteiger partial charge is 0.191 e. The van der Waals surface area contributed by atoms with Crippen molar-refractivity contribution in [2.24, 2.45) is 4.99 Å². The maximum absolute atomic E-state index is 5.34. The third-order valence-electron chi connectivity index (χ3n) is 3.69. The number of rotatable bonds is 7. The number of guanidine groups is 1. The molecule has 0 aliphatic heterocycles. The van der Waals surface area contributed by atoms with Gasteiger partial charge in [0.2, 0.25) is 0 Å². The van der Waals surface area contributed by atoms with Gasteiger partial charge in [-0.2, -0.15) is 5.10 Å². The second-order valence-electron chi connectivity index (χ2n) is 5.57. The van der Waals surface area contributed by atoms with Gasteiger partial charge in [0.05, 0.1) is 18.5 Å².